The van der Waals surface area contributed by atoms with E-state index in [1.54, 1.807) is 12.1 Å². The van der Waals surface area contributed by atoms with Crippen molar-refractivity contribution in [3.8, 4) is 5.75 Å². The van der Waals surface area contributed by atoms with Gasteiger partial charge in [0.25, 0.3) is 0 Å². The van der Waals surface area contributed by atoms with Crippen LogP contribution in [0.25, 0.3) is 10.8 Å². The van der Waals surface area contributed by atoms with Crippen LogP contribution in [0.2, 0.25) is 0 Å². The van der Waals surface area contributed by atoms with Crippen LogP contribution in [0.15, 0.2) is 36.4 Å². The Balaban J connectivity index is 0.00000128. The van der Waals surface area contributed by atoms with Crippen LogP contribution in [0.3, 0.4) is 0 Å². The lowest BCUT2D eigenvalue weighted by atomic mass is 9.99. The second-order valence-corrected chi connectivity index (χ2v) is 3.48. The SMILES string of the molecule is Cl.N[C@H](CF)c1c(O)ccc2ccccc12. The molecule has 0 unspecified atom stereocenters. The largest absolute Gasteiger partial charge is 0.508 e. The number of hydrogen-bond acceptors (Lipinski definition) is 2. The number of nitrogens with two attached hydrogens (primary N) is 1. The first-order valence-corrected chi connectivity index (χ1v) is 4.76. The summed E-state index contributed by atoms with van der Waals surface area (Å²) in [5.41, 5.74) is 6.11. The molecular formula is C12H13ClFNO. The molecule has 2 nitrogen and oxygen atoms in total. The number of fused-ring (bicyclic) bond motifs is 1. The summed E-state index contributed by atoms with van der Waals surface area (Å²) in [6.07, 6.45) is 0. The average molecular weight is 242 g/mol. The van der Waals surface area contributed by atoms with E-state index >= 15 is 0 Å². The monoisotopic (exact) mass is 241 g/mol. The van der Waals surface area contributed by atoms with Gasteiger partial charge < -0.3 is 10.8 Å². The molecular weight excluding hydrogens is 229 g/mol. The first-order valence-electron chi connectivity index (χ1n) is 4.76. The van der Waals surface area contributed by atoms with E-state index in [2.05, 4.69) is 0 Å². The molecule has 2 aromatic rings. The highest BCUT2D eigenvalue weighted by Crippen LogP contribution is 2.31. The van der Waals surface area contributed by atoms with E-state index in [0.717, 1.165) is 10.8 Å². The highest BCUT2D eigenvalue weighted by Gasteiger charge is 2.13. The molecule has 0 fully saturated rings. The predicted octanol–water partition coefficient (Wildman–Crippen LogP) is 2.94. The van der Waals surface area contributed by atoms with Crippen LogP contribution in [0.1, 0.15) is 11.6 Å². The third kappa shape index (κ3) is 2.10. The van der Waals surface area contributed by atoms with Gasteiger partial charge in [-0.25, -0.2) is 4.39 Å². The molecule has 0 spiro atoms. The van der Waals surface area contributed by atoms with Crippen LogP contribution in [0.5, 0.6) is 5.75 Å². The maximum Gasteiger partial charge on any atom is 0.121 e. The number of hydrogen-bond donors (Lipinski definition) is 2. The fraction of sp³-hybridized carbons (Fsp3) is 0.167. The third-order valence-corrected chi connectivity index (χ3v) is 2.48. The standard InChI is InChI=1S/C12H12FNO.ClH/c13-7-10(14)12-9-4-2-1-3-8(9)5-6-11(12)15;/h1-6,10,15H,7,14H2;1H/t10-;/m1./s1. The van der Waals surface area contributed by atoms with Gasteiger partial charge in [0.1, 0.15) is 12.4 Å². The highest BCUT2D eigenvalue weighted by molar-refractivity contribution is 5.88. The molecule has 16 heavy (non-hydrogen) atoms. The van der Waals surface area contributed by atoms with Gasteiger partial charge in [-0.1, -0.05) is 30.3 Å². The van der Waals surface area contributed by atoms with Crippen LogP contribution in [-0.4, -0.2) is 11.8 Å². The fourth-order valence-corrected chi connectivity index (χ4v) is 1.75. The molecule has 1 atom stereocenters. The summed E-state index contributed by atoms with van der Waals surface area (Å²) in [6, 6.07) is 10.0. The summed E-state index contributed by atoms with van der Waals surface area (Å²) in [7, 11) is 0. The Labute approximate surface area is 99.3 Å². The van der Waals surface area contributed by atoms with Gasteiger partial charge in [0.05, 0.1) is 6.04 Å². The van der Waals surface area contributed by atoms with Crippen molar-refractivity contribution >= 4 is 23.2 Å². The van der Waals surface area contributed by atoms with Gasteiger partial charge in [-0.3, -0.25) is 0 Å². The number of phenolic OH excluding ortho intramolecular Hbond substituents is 1. The van der Waals surface area contributed by atoms with E-state index in [9.17, 15) is 9.50 Å². The summed E-state index contributed by atoms with van der Waals surface area (Å²) in [5, 5.41) is 11.4. The highest BCUT2D eigenvalue weighted by atomic mass is 35.5. The van der Waals surface area contributed by atoms with Crippen LogP contribution >= 0.6 is 12.4 Å². The van der Waals surface area contributed by atoms with Crippen molar-refractivity contribution in [1.29, 1.82) is 0 Å². The van der Waals surface area contributed by atoms with Gasteiger partial charge in [-0.05, 0) is 16.8 Å². The number of phenols is 1. The second kappa shape index (κ2) is 5.14. The Morgan fingerprint density at radius 3 is 2.56 bits per heavy atom. The zero-order valence-electron chi connectivity index (χ0n) is 8.56. The predicted molar refractivity (Wildman–Crippen MR) is 65.8 cm³/mol. The van der Waals surface area contributed by atoms with Gasteiger partial charge in [-0.15, -0.1) is 12.4 Å². The van der Waals surface area contributed by atoms with E-state index in [1.165, 1.54) is 0 Å². The summed E-state index contributed by atoms with van der Waals surface area (Å²) in [5.74, 6) is 0.0545. The topological polar surface area (TPSA) is 46.2 Å². The maximum atomic E-state index is 12.5. The summed E-state index contributed by atoms with van der Waals surface area (Å²) in [4.78, 5) is 0. The summed E-state index contributed by atoms with van der Waals surface area (Å²) < 4.78 is 12.5. The molecule has 0 amide bonds. The number of rotatable bonds is 2. The van der Waals surface area contributed by atoms with Gasteiger partial charge in [0.2, 0.25) is 0 Å². The van der Waals surface area contributed by atoms with E-state index in [4.69, 9.17) is 5.73 Å². The van der Waals surface area contributed by atoms with Crippen molar-refractivity contribution in [2.75, 3.05) is 6.67 Å². The number of halogens is 2. The van der Waals surface area contributed by atoms with Crippen molar-refractivity contribution < 1.29 is 9.50 Å². The number of alkyl halides is 1. The smallest absolute Gasteiger partial charge is 0.121 e. The minimum Gasteiger partial charge on any atom is -0.508 e. The zero-order valence-corrected chi connectivity index (χ0v) is 9.38. The summed E-state index contributed by atoms with van der Waals surface area (Å²) >= 11 is 0. The molecule has 0 heterocycles. The third-order valence-electron chi connectivity index (χ3n) is 2.48. The van der Waals surface area contributed by atoms with Gasteiger partial charge in [0.15, 0.2) is 0 Å². The quantitative estimate of drug-likeness (QED) is 0.849. The van der Waals surface area contributed by atoms with Gasteiger partial charge in [-0.2, -0.15) is 0 Å². The van der Waals surface area contributed by atoms with Crippen molar-refractivity contribution in [3.63, 3.8) is 0 Å². The van der Waals surface area contributed by atoms with E-state index in [-0.39, 0.29) is 18.2 Å². The first-order chi connectivity index (χ1) is 7.24. The molecule has 0 bridgehead atoms. The Morgan fingerprint density at radius 1 is 1.19 bits per heavy atom. The molecule has 0 saturated heterocycles. The van der Waals surface area contributed by atoms with E-state index in [0.29, 0.717) is 5.56 Å². The Hall–Kier alpha value is -1.32. The molecule has 3 N–H and O–H groups in total. The lowest BCUT2D eigenvalue weighted by molar-refractivity contribution is 0.416. The zero-order chi connectivity index (χ0) is 10.8. The lowest BCUT2D eigenvalue weighted by Gasteiger charge is -2.13. The molecule has 0 aromatic heterocycles. The first kappa shape index (κ1) is 12.7. The van der Waals surface area contributed by atoms with Crippen LogP contribution in [0, 0.1) is 0 Å². The average Bonchev–Trinajstić information content (AvgIpc) is 2.28. The number of aromatic hydroxyl groups is 1. The molecule has 0 aliphatic carbocycles. The normalized spacial score (nSPS) is 12.1. The fourth-order valence-electron chi connectivity index (χ4n) is 1.75. The van der Waals surface area contributed by atoms with E-state index in [1.807, 2.05) is 24.3 Å². The Bertz CT molecular complexity index is 489. The lowest BCUT2D eigenvalue weighted by Crippen LogP contribution is -2.12. The van der Waals surface area contributed by atoms with E-state index < -0.39 is 12.7 Å². The van der Waals surface area contributed by atoms with Crippen LogP contribution in [-0.2, 0) is 0 Å². The molecule has 2 rings (SSSR count). The molecule has 2 aromatic carbocycles. The minimum atomic E-state index is -0.768. The minimum absolute atomic E-state index is 0. The molecule has 0 aliphatic rings. The maximum absolute atomic E-state index is 12.5. The van der Waals surface area contributed by atoms with Crippen molar-refractivity contribution in [1.82, 2.24) is 0 Å². The Kier molecular flexibility index (Phi) is 4.10. The van der Waals surface area contributed by atoms with Gasteiger partial charge in [0, 0.05) is 5.56 Å². The van der Waals surface area contributed by atoms with Gasteiger partial charge >= 0.3 is 0 Å². The van der Waals surface area contributed by atoms with Crippen LogP contribution in [0.4, 0.5) is 4.39 Å². The second-order valence-electron chi connectivity index (χ2n) is 3.48. The molecule has 0 radical (unpaired) electrons. The molecule has 4 heteroatoms. The molecule has 86 valence electrons. The van der Waals surface area contributed by atoms with Crippen molar-refractivity contribution in [2.45, 2.75) is 6.04 Å². The summed E-state index contributed by atoms with van der Waals surface area (Å²) in [6.45, 7) is -0.679. The van der Waals surface area contributed by atoms with Crippen LogP contribution < -0.4 is 5.73 Å². The molecule has 0 aliphatic heterocycles. The molecule has 0 saturated carbocycles. The van der Waals surface area contributed by atoms with Crippen molar-refractivity contribution in [2.24, 2.45) is 5.73 Å². The number of benzene rings is 2. The van der Waals surface area contributed by atoms with Crippen molar-refractivity contribution in [3.05, 3.63) is 42.0 Å². The Morgan fingerprint density at radius 2 is 1.88 bits per heavy atom.